The molecule has 92 valence electrons. The van der Waals surface area contributed by atoms with Gasteiger partial charge in [0.15, 0.2) is 0 Å². The Balaban J connectivity index is 2.34. The molecule has 0 bridgehead atoms. The Morgan fingerprint density at radius 3 is 3.00 bits per heavy atom. The topological polar surface area (TPSA) is 70.7 Å². The standard InChI is InChI=1S/C12H18N4O/c1-3-4-10(9-13)12(17)14-7-5-11-6-8-15-16(11)2/h6,8,10H,3-5,7H2,1-2H3,(H,14,17). The van der Waals surface area contributed by atoms with Gasteiger partial charge in [0.1, 0.15) is 5.92 Å². The molecule has 0 radical (unpaired) electrons. The maximum atomic E-state index is 11.6. The highest BCUT2D eigenvalue weighted by Crippen LogP contribution is 2.04. The summed E-state index contributed by atoms with van der Waals surface area (Å²) in [5.41, 5.74) is 1.06. The molecule has 5 heteroatoms. The summed E-state index contributed by atoms with van der Waals surface area (Å²) in [4.78, 5) is 11.6. The monoisotopic (exact) mass is 234 g/mol. The van der Waals surface area contributed by atoms with Crippen LogP contribution in [0.1, 0.15) is 25.5 Å². The second kappa shape index (κ2) is 6.69. The third-order valence-corrected chi connectivity index (χ3v) is 2.65. The number of nitrogens with zero attached hydrogens (tertiary/aromatic N) is 3. The van der Waals surface area contributed by atoms with E-state index in [4.69, 9.17) is 5.26 Å². The van der Waals surface area contributed by atoms with Crippen molar-refractivity contribution < 1.29 is 4.79 Å². The van der Waals surface area contributed by atoms with Crippen molar-refractivity contribution in [2.45, 2.75) is 26.2 Å². The van der Waals surface area contributed by atoms with E-state index in [9.17, 15) is 4.79 Å². The van der Waals surface area contributed by atoms with Crippen molar-refractivity contribution in [2.75, 3.05) is 6.54 Å². The molecule has 1 amide bonds. The summed E-state index contributed by atoms with van der Waals surface area (Å²) in [6.45, 7) is 2.51. The van der Waals surface area contributed by atoms with Crippen LogP contribution < -0.4 is 5.32 Å². The van der Waals surface area contributed by atoms with Crippen LogP contribution in [0.3, 0.4) is 0 Å². The zero-order chi connectivity index (χ0) is 12.7. The normalized spacial score (nSPS) is 11.8. The molecular weight excluding hydrogens is 216 g/mol. The smallest absolute Gasteiger partial charge is 0.237 e. The predicted octanol–water partition coefficient (Wildman–Crippen LogP) is 1.02. The number of amides is 1. The van der Waals surface area contributed by atoms with E-state index in [1.165, 1.54) is 0 Å². The zero-order valence-electron chi connectivity index (χ0n) is 10.3. The molecule has 1 atom stereocenters. The van der Waals surface area contributed by atoms with Crippen LogP contribution in [-0.4, -0.2) is 22.2 Å². The molecular formula is C12H18N4O. The number of rotatable bonds is 6. The molecule has 1 rings (SSSR count). The molecule has 0 spiro atoms. The van der Waals surface area contributed by atoms with Gasteiger partial charge in [-0.1, -0.05) is 13.3 Å². The minimum absolute atomic E-state index is 0.170. The van der Waals surface area contributed by atoms with Gasteiger partial charge in [0.25, 0.3) is 0 Å². The predicted molar refractivity (Wildman–Crippen MR) is 63.9 cm³/mol. The van der Waals surface area contributed by atoms with Gasteiger partial charge in [-0.3, -0.25) is 9.48 Å². The minimum Gasteiger partial charge on any atom is -0.355 e. The molecule has 1 N–H and O–H groups in total. The molecule has 17 heavy (non-hydrogen) atoms. The Bertz CT molecular complexity index is 405. The lowest BCUT2D eigenvalue weighted by Gasteiger charge is -2.09. The Hall–Kier alpha value is -1.83. The third-order valence-electron chi connectivity index (χ3n) is 2.65. The molecule has 0 aliphatic carbocycles. The van der Waals surface area contributed by atoms with Gasteiger partial charge in [-0.2, -0.15) is 10.4 Å². The van der Waals surface area contributed by atoms with Gasteiger partial charge in [-0.25, -0.2) is 0 Å². The second-order valence-corrected chi connectivity index (χ2v) is 3.96. The largest absolute Gasteiger partial charge is 0.355 e. The first-order chi connectivity index (χ1) is 8.19. The van der Waals surface area contributed by atoms with E-state index in [0.29, 0.717) is 13.0 Å². The van der Waals surface area contributed by atoms with Crippen LogP contribution in [0, 0.1) is 17.2 Å². The molecule has 0 aliphatic heterocycles. The molecule has 1 aromatic rings. The van der Waals surface area contributed by atoms with E-state index in [0.717, 1.165) is 18.5 Å². The molecule has 0 aliphatic rings. The van der Waals surface area contributed by atoms with Crippen LogP contribution in [0.2, 0.25) is 0 Å². The van der Waals surface area contributed by atoms with Crippen LogP contribution in [-0.2, 0) is 18.3 Å². The fourth-order valence-electron chi connectivity index (χ4n) is 1.63. The number of aryl methyl sites for hydroxylation is 1. The molecule has 0 saturated heterocycles. The summed E-state index contributed by atoms with van der Waals surface area (Å²) in [5, 5.41) is 15.7. The number of aromatic nitrogens is 2. The highest BCUT2D eigenvalue weighted by Gasteiger charge is 2.15. The van der Waals surface area contributed by atoms with Gasteiger partial charge in [-0.15, -0.1) is 0 Å². The number of carbonyl (C=O) groups is 1. The zero-order valence-corrected chi connectivity index (χ0v) is 10.3. The van der Waals surface area contributed by atoms with Crippen molar-refractivity contribution in [3.05, 3.63) is 18.0 Å². The Kier molecular flexibility index (Phi) is 5.21. The summed E-state index contributed by atoms with van der Waals surface area (Å²) in [7, 11) is 1.87. The average Bonchev–Trinajstić information content (AvgIpc) is 2.72. The lowest BCUT2D eigenvalue weighted by atomic mass is 10.1. The van der Waals surface area contributed by atoms with Gasteiger partial charge in [0.2, 0.25) is 5.91 Å². The number of nitriles is 1. The van der Waals surface area contributed by atoms with Crippen LogP contribution in [0.15, 0.2) is 12.3 Å². The number of nitrogens with one attached hydrogen (secondary N) is 1. The lowest BCUT2D eigenvalue weighted by Crippen LogP contribution is -2.31. The summed E-state index contributed by atoms with van der Waals surface area (Å²) in [6, 6.07) is 3.94. The van der Waals surface area contributed by atoms with E-state index >= 15 is 0 Å². The second-order valence-electron chi connectivity index (χ2n) is 3.96. The molecule has 1 unspecified atom stereocenters. The van der Waals surface area contributed by atoms with Gasteiger partial charge in [-0.05, 0) is 12.5 Å². The van der Waals surface area contributed by atoms with E-state index < -0.39 is 5.92 Å². The molecule has 1 heterocycles. The van der Waals surface area contributed by atoms with Crippen molar-refractivity contribution in [2.24, 2.45) is 13.0 Å². The highest BCUT2D eigenvalue weighted by atomic mass is 16.1. The summed E-state index contributed by atoms with van der Waals surface area (Å²) >= 11 is 0. The number of carbonyl (C=O) groups excluding carboxylic acids is 1. The first-order valence-corrected chi connectivity index (χ1v) is 5.83. The quantitative estimate of drug-likeness (QED) is 0.798. The summed E-state index contributed by atoms with van der Waals surface area (Å²) < 4.78 is 1.78. The van der Waals surface area contributed by atoms with Crippen LogP contribution in [0.25, 0.3) is 0 Å². The molecule has 0 aromatic carbocycles. The average molecular weight is 234 g/mol. The van der Waals surface area contributed by atoms with Crippen molar-refractivity contribution in [3.63, 3.8) is 0 Å². The highest BCUT2D eigenvalue weighted by molar-refractivity contribution is 5.80. The van der Waals surface area contributed by atoms with E-state index in [-0.39, 0.29) is 5.91 Å². The molecule has 0 fully saturated rings. The maximum absolute atomic E-state index is 11.6. The summed E-state index contributed by atoms with van der Waals surface area (Å²) in [6.07, 6.45) is 3.92. The van der Waals surface area contributed by atoms with Crippen molar-refractivity contribution >= 4 is 5.91 Å². The molecule has 5 nitrogen and oxygen atoms in total. The Morgan fingerprint density at radius 2 is 2.47 bits per heavy atom. The lowest BCUT2D eigenvalue weighted by molar-refractivity contribution is -0.123. The summed E-state index contributed by atoms with van der Waals surface area (Å²) in [5.74, 6) is -0.692. The third kappa shape index (κ3) is 3.91. The van der Waals surface area contributed by atoms with Crippen LogP contribution >= 0.6 is 0 Å². The number of hydrogen-bond donors (Lipinski definition) is 1. The first-order valence-electron chi connectivity index (χ1n) is 5.83. The molecule has 1 aromatic heterocycles. The van der Waals surface area contributed by atoms with E-state index in [1.807, 2.05) is 26.1 Å². The first kappa shape index (κ1) is 13.2. The van der Waals surface area contributed by atoms with Gasteiger partial charge >= 0.3 is 0 Å². The van der Waals surface area contributed by atoms with Gasteiger partial charge < -0.3 is 5.32 Å². The SMILES string of the molecule is CCCC(C#N)C(=O)NCCc1ccnn1C. The Labute approximate surface area is 101 Å². The van der Waals surface area contributed by atoms with Crippen LogP contribution in [0.5, 0.6) is 0 Å². The molecule has 0 saturated carbocycles. The van der Waals surface area contributed by atoms with Gasteiger partial charge in [0.05, 0.1) is 6.07 Å². The van der Waals surface area contributed by atoms with Crippen molar-refractivity contribution in [1.29, 1.82) is 5.26 Å². The minimum atomic E-state index is -0.522. The van der Waals surface area contributed by atoms with Gasteiger partial charge in [0, 0.05) is 31.9 Å². The van der Waals surface area contributed by atoms with Crippen LogP contribution in [0.4, 0.5) is 0 Å². The fourth-order valence-corrected chi connectivity index (χ4v) is 1.63. The maximum Gasteiger partial charge on any atom is 0.237 e. The van der Waals surface area contributed by atoms with Crippen molar-refractivity contribution in [3.8, 4) is 6.07 Å². The van der Waals surface area contributed by atoms with E-state index in [2.05, 4.69) is 10.4 Å². The van der Waals surface area contributed by atoms with Crippen molar-refractivity contribution in [1.82, 2.24) is 15.1 Å². The fraction of sp³-hybridized carbons (Fsp3) is 0.583. The Morgan fingerprint density at radius 1 is 1.71 bits per heavy atom. The number of hydrogen-bond acceptors (Lipinski definition) is 3. The van der Waals surface area contributed by atoms with E-state index in [1.54, 1.807) is 10.9 Å².